The minimum absolute atomic E-state index is 0.0227. The van der Waals surface area contributed by atoms with Gasteiger partial charge in [-0.1, -0.05) is 107 Å². The Balaban J connectivity index is 1.47. The van der Waals surface area contributed by atoms with Crippen molar-refractivity contribution in [1.82, 2.24) is 0 Å². The van der Waals surface area contributed by atoms with Gasteiger partial charge in [0.2, 0.25) is 0 Å². The minimum Gasteiger partial charge on any atom is -0.321 e. The summed E-state index contributed by atoms with van der Waals surface area (Å²) in [6, 6.07) is 23.3. The van der Waals surface area contributed by atoms with Crippen molar-refractivity contribution in [2.24, 2.45) is 10.8 Å². The van der Waals surface area contributed by atoms with E-state index < -0.39 is 0 Å². The second kappa shape index (κ2) is 9.19. The van der Waals surface area contributed by atoms with Gasteiger partial charge in [0.1, 0.15) is 6.67 Å². The molecule has 236 valence electrons. The summed E-state index contributed by atoms with van der Waals surface area (Å²) < 4.78 is 2.30. The summed E-state index contributed by atoms with van der Waals surface area (Å²) in [6.45, 7) is 29.9. The summed E-state index contributed by atoms with van der Waals surface area (Å²) in [4.78, 5) is 5.07. The molecule has 0 unspecified atom stereocenters. The predicted molar refractivity (Wildman–Crippen MR) is 201 cm³/mol. The van der Waals surface area contributed by atoms with E-state index in [9.17, 15) is 0 Å². The fourth-order valence-corrected chi connectivity index (χ4v) is 10.1. The highest BCUT2D eigenvalue weighted by molar-refractivity contribution is 9.11. The van der Waals surface area contributed by atoms with E-state index in [0.717, 1.165) is 8.95 Å². The summed E-state index contributed by atoms with van der Waals surface area (Å²) in [6.07, 6.45) is 0. The molecule has 1 heterocycles. The Labute approximate surface area is 287 Å². The smallest absolute Gasteiger partial charge is 0.100 e. The monoisotopic (exact) mass is 726 g/mol. The highest BCUT2D eigenvalue weighted by atomic mass is 79.9. The first kappa shape index (κ1) is 31.3. The zero-order chi connectivity index (χ0) is 32.9. The molecule has 45 heavy (non-hydrogen) atoms. The van der Waals surface area contributed by atoms with Crippen LogP contribution in [-0.2, 0) is 21.7 Å². The Morgan fingerprint density at radius 3 is 1.16 bits per heavy atom. The molecular formula is C41H48Br2N2. The molecule has 7 rings (SSSR count). The van der Waals surface area contributed by atoms with Crippen LogP contribution in [0, 0.1) is 10.8 Å². The summed E-state index contributed by atoms with van der Waals surface area (Å²) in [5.41, 5.74) is 11.1. The van der Waals surface area contributed by atoms with Gasteiger partial charge in [0.25, 0.3) is 0 Å². The Bertz CT molecular complexity index is 1790. The zero-order valence-corrected chi connectivity index (χ0v) is 32.3. The van der Waals surface area contributed by atoms with Gasteiger partial charge in [0.15, 0.2) is 0 Å². The lowest BCUT2D eigenvalue weighted by molar-refractivity contribution is 0.125. The van der Waals surface area contributed by atoms with Crippen molar-refractivity contribution in [3.63, 3.8) is 0 Å². The second-order valence-electron chi connectivity index (χ2n) is 17.1. The number of hydrogen-bond acceptors (Lipinski definition) is 2. The number of hydrogen-bond donors (Lipinski definition) is 0. The maximum atomic E-state index is 4.10. The van der Waals surface area contributed by atoms with E-state index in [1.807, 2.05) is 0 Å². The first-order chi connectivity index (χ1) is 20.7. The van der Waals surface area contributed by atoms with Gasteiger partial charge in [0.05, 0.1) is 22.7 Å². The van der Waals surface area contributed by atoms with E-state index in [-0.39, 0.29) is 32.5 Å². The fraction of sp³-hybridized carbons (Fsp3) is 0.463. The molecule has 1 aliphatic heterocycles. The molecule has 2 nitrogen and oxygen atoms in total. The van der Waals surface area contributed by atoms with E-state index >= 15 is 0 Å². The maximum absolute atomic E-state index is 4.10. The van der Waals surface area contributed by atoms with Crippen LogP contribution in [-0.4, -0.2) is 6.67 Å². The van der Waals surface area contributed by atoms with Crippen molar-refractivity contribution in [3.8, 4) is 0 Å². The largest absolute Gasteiger partial charge is 0.321 e. The third kappa shape index (κ3) is 3.68. The Kier molecular flexibility index (Phi) is 6.39. The molecule has 2 aliphatic carbocycles. The molecule has 0 spiro atoms. The molecule has 0 atom stereocenters. The summed E-state index contributed by atoms with van der Waals surface area (Å²) in [7, 11) is 0. The van der Waals surface area contributed by atoms with E-state index in [1.165, 1.54) is 55.8 Å². The Morgan fingerprint density at radius 2 is 0.800 bits per heavy atom. The Morgan fingerprint density at radius 1 is 0.467 bits per heavy atom. The molecule has 0 N–H and O–H groups in total. The number of fused-ring (bicyclic) bond motifs is 2. The van der Waals surface area contributed by atoms with Crippen LogP contribution in [0.25, 0.3) is 10.8 Å². The van der Waals surface area contributed by atoms with Gasteiger partial charge in [0, 0.05) is 14.3 Å². The molecule has 0 saturated carbocycles. The number of benzene rings is 4. The van der Waals surface area contributed by atoms with Crippen molar-refractivity contribution >= 4 is 65.4 Å². The maximum Gasteiger partial charge on any atom is 0.100 e. The molecule has 0 bridgehead atoms. The standard InChI is InChI=1S/C41H48Br2N2/c1-36(2)25-19-29(42)33(21-27(25)38(5,6)40(36,9)10)44-23-45(32-18-14-16-24-15-13-17-31(44)35(24)32)34-22-28-26(20-30(34)43)37(3,4)41(11,12)39(28,7)8/h13-22H,23H2,1-12H3. The van der Waals surface area contributed by atoms with E-state index in [4.69, 9.17) is 0 Å². The van der Waals surface area contributed by atoms with Gasteiger partial charge in [-0.3, -0.25) is 0 Å². The lowest BCUT2D eigenvalue weighted by atomic mass is 9.59. The third-order valence-electron chi connectivity index (χ3n) is 14.4. The van der Waals surface area contributed by atoms with Gasteiger partial charge >= 0.3 is 0 Å². The van der Waals surface area contributed by atoms with Gasteiger partial charge in [-0.2, -0.15) is 0 Å². The van der Waals surface area contributed by atoms with Crippen molar-refractivity contribution in [3.05, 3.63) is 91.9 Å². The predicted octanol–water partition coefficient (Wildman–Crippen LogP) is 12.8. The quantitative estimate of drug-likeness (QED) is 0.203. The first-order valence-electron chi connectivity index (χ1n) is 16.5. The molecule has 4 aromatic rings. The Hall–Kier alpha value is -2.30. The molecule has 0 aromatic heterocycles. The average Bonchev–Trinajstić information content (AvgIpc) is 3.13. The van der Waals surface area contributed by atoms with Crippen LogP contribution < -0.4 is 9.80 Å². The van der Waals surface area contributed by atoms with Crippen LogP contribution >= 0.6 is 31.9 Å². The number of anilines is 4. The molecule has 4 heteroatoms. The van der Waals surface area contributed by atoms with Crippen LogP contribution in [0.1, 0.15) is 105 Å². The third-order valence-corrected chi connectivity index (χ3v) is 15.7. The van der Waals surface area contributed by atoms with Crippen LogP contribution in [0.15, 0.2) is 69.6 Å². The molecule has 0 saturated heterocycles. The molecule has 4 aromatic carbocycles. The van der Waals surface area contributed by atoms with Crippen molar-refractivity contribution in [2.45, 2.75) is 105 Å². The number of halogens is 2. The molecule has 3 aliphatic rings. The summed E-state index contributed by atoms with van der Waals surface area (Å²) in [5, 5.41) is 2.56. The van der Waals surface area contributed by atoms with Crippen molar-refractivity contribution < 1.29 is 0 Å². The lowest BCUT2D eigenvalue weighted by Crippen LogP contribution is -2.42. The van der Waals surface area contributed by atoms with Gasteiger partial charge in [-0.05, 0) is 128 Å². The van der Waals surface area contributed by atoms with Gasteiger partial charge < -0.3 is 9.80 Å². The number of nitrogens with zero attached hydrogens (tertiary/aromatic N) is 2. The van der Waals surface area contributed by atoms with Crippen LogP contribution in [0.4, 0.5) is 22.7 Å². The van der Waals surface area contributed by atoms with Gasteiger partial charge in [-0.15, -0.1) is 0 Å². The normalized spacial score (nSPS) is 22.4. The summed E-state index contributed by atoms with van der Waals surface area (Å²) >= 11 is 8.20. The first-order valence-corrected chi connectivity index (χ1v) is 18.0. The van der Waals surface area contributed by atoms with Gasteiger partial charge in [-0.25, -0.2) is 0 Å². The van der Waals surface area contributed by atoms with Crippen molar-refractivity contribution in [2.75, 3.05) is 16.5 Å². The minimum atomic E-state index is 0.0227. The highest BCUT2D eigenvalue weighted by Crippen LogP contribution is 2.64. The second-order valence-corrected chi connectivity index (χ2v) is 18.8. The molecule has 0 radical (unpaired) electrons. The lowest BCUT2D eigenvalue weighted by Gasteiger charge is -2.44. The number of rotatable bonds is 2. The topological polar surface area (TPSA) is 6.48 Å². The summed E-state index contributed by atoms with van der Waals surface area (Å²) in [5.74, 6) is 0. The molecule has 0 fully saturated rings. The highest BCUT2D eigenvalue weighted by Gasteiger charge is 2.58. The van der Waals surface area contributed by atoms with Crippen LogP contribution in [0.5, 0.6) is 0 Å². The fourth-order valence-electron chi connectivity index (χ4n) is 8.97. The SMILES string of the molecule is CC1(C)c2cc(Br)c(N3CN(c4cc5c(cc4Br)C(C)(C)C(C)(C)C5(C)C)c4cccc5cccc3c45)cc2C(C)(C)C1(C)C. The average molecular weight is 729 g/mol. The van der Waals surface area contributed by atoms with E-state index in [1.54, 1.807) is 0 Å². The van der Waals surface area contributed by atoms with E-state index in [2.05, 4.69) is 185 Å². The zero-order valence-electron chi connectivity index (χ0n) is 29.1. The van der Waals surface area contributed by atoms with Crippen molar-refractivity contribution in [1.29, 1.82) is 0 Å². The molecule has 0 amide bonds. The van der Waals surface area contributed by atoms with E-state index in [0.29, 0.717) is 6.67 Å². The van der Waals surface area contributed by atoms with Crippen LogP contribution in [0.2, 0.25) is 0 Å². The van der Waals surface area contributed by atoms with Crippen LogP contribution in [0.3, 0.4) is 0 Å². The molecular weight excluding hydrogens is 680 g/mol.